The molecule has 0 unspecified atom stereocenters. The molecular formula is C25H18N4O3. The molecule has 156 valence electrons. The standard InChI is InChI=1S/C25H18N4O3/c30-22(19-14-26-20-12-6-4-10-17(19)20)15-29-21-13-7-5-11-18(21)23(16-8-2-1-3-9-16)27-24(28-32)25(29)31/h1-14,26,32H,15H2/b28-24+. The van der Waals surface area contributed by atoms with Crippen molar-refractivity contribution in [3.8, 4) is 11.3 Å². The molecule has 7 heteroatoms. The predicted octanol–water partition coefficient (Wildman–Crippen LogP) is 3.72. The minimum atomic E-state index is -0.654. The number of Topliss-reactive ketones (excluding diaryl/α,β-unsaturated/α-hetero) is 1. The second kappa shape index (κ2) is 7.96. The third kappa shape index (κ3) is 3.26. The highest BCUT2D eigenvalue weighted by Gasteiger charge is 2.17. The van der Waals surface area contributed by atoms with Crippen LogP contribution in [0.2, 0.25) is 0 Å². The molecule has 0 spiro atoms. The molecule has 2 heterocycles. The molecule has 2 N–H and O–H groups in total. The van der Waals surface area contributed by atoms with Gasteiger partial charge in [0.05, 0.1) is 17.8 Å². The van der Waals surface area contributed by atoms with Crippen molar-refractivity contribution in [2.45, 2.75) is 6.54 Å². The predicted molar refractivity (Wildman–Crippen MR) is 121 cm³/mol. The van der Waals surface area contributed by atoms with E-state index in [4.69, 9.17) is 0 Å². The Bertz CT molecular complexity index is 1600. The summed E-state index contributed by atoms with van der Waals surface area (Å²) < 4.78 is 1.31. The maximum absolute atomic E-state index is 13.3. The minimum Gasteiger partial charge on any atom is -0.409 e. The molecule has 0 saturated heterocycles. The Balaban J connectivity index is 1.76. The summed E-state index contributed by atoms with van der Waals surface area (Å²) in [6.07, 6.45) is 1.65. The maximum Gasteiger partial charge on any atom is 0.299 e. The van der Waals surface area contributed by atoms with Crippen molar-refractivity contribution in [3.63, 3.8) is 0 Å². The van der Waals surface area contributed by atoms with E-state index in [-0.39, 0.29) is 17.8 Å². The number of fused-ring (bicyclic) bond motifs is 2. The van der Waals surface area contributed by atoms with Crippen LogP contribution in [-0.4, -0.2) is 25.5 Å². The molecule has 0 amide bonds. The van der Waals surface area contributed by atoms with Crippen LogP contribution in [0, 0.1) is 0 Å². The Morgan fingerprint density at radius 2 is 1.62 bits per heavy atom. The van der Waals surface area contributed by atoms with Crippen molar-refractivity contribution < 1.29 is 10.0 Å². The topological polar surface area (TPSA) is 100 Å². The fourth-order valence-corrected chi connectivity index (χ4v) is 3.92. The first-order valence-electron chi connectivity index (χ1n) is 10.0. The normalized spacial score (nSPS) is 11.8. The van der Waals surface area contributed by atoms with Crippen molar-refractivity contribution in [2.24, 2.45) is 5.16 Å². The summed E-state index contributed by atoms with van der Waals surface area (Å²) in [4.78, 5) is 34.0. The van der Waals surface area contributed by atoms with Gasteiger partial charge in [-0.2, -0.15) is 0 Å². The third-order valence-electron chi connectivity index (χ3n) is 5.44. The molecule has 0 aliphatic rings. The average molecular weight is 422 g/mol. The molecule has 0 atom stereocenters. The number of benzene rings is 3. The summed E-state index contributed by atoms with van der Waals surface area (Å²) >= 11 is 0. The second-order valence-electron chi connectivity index (χ2n) is 7.33. The van der Waals surface area contributed by atoms with Crippen molar-refractivity contribution >= 4 is 27.6 Å². The van der Waals surface area contributed by atoms with Gasteiger partial charge in [-0.15, -0.1) is 0 Å². The summed E-state index contributed by atoms with van der Waals surface area (Å²) in [6, 6.07) is 24.0. The van der Waals surface area contributed by atoms with Gasteiger partial charge in [-0.1, -0.05) is 71.9 Å². The van der Waals surface area contributed by atoms with Crippen LogP contribution in [0.3, 0.4) is 0 Å². The molecule has 0 aliphatic carbocycles. The highest BCUT2D eigenvalue weighted by molar-refractivity contribution is 6.08. The third-order valence-corrected chi connectivity index (χ3v) is 5.44. The Kier molecular flexibility index (Phi) is 4.84. The summed E-state index contributed by atoms with van der Waals surface area (Å²) in [5.74, 6) is -0.244. The number of hydrogen-bond acceptors (Lipinski definition) is 5. The van der Waals surface area contributed by atoms with Crippen molar-refractivity contribution in [3.05, 3.63) is 106 Å². The Morgan fingerprint density at radius 1 is 0.938 bits per heavy atom. The minimum absolute atomic E-state index is 0.228. The summed E-state index contributed by atoms with van der Waals surface area (Å²) in [6.45, 7) is -0.228. The largest absolute Gasteiger partial charge is 0.409 e. The van der Waals surface area contributed by atoms with E-state index < -0.39 is 5.56 Å². The number of nitrogens with one attached hydrogen (secondary N) is 1. The number of para-hydroxylation sites is 2. The monoisotopic (exact) mass is 422 g/mol. The Labute approximate surface area is 181 Å². The van der Waals surface area contributed by atoms with Crippen molar-refractivity contribution in [1.29, 1.82) is 0 Å². The van der Waals surface area contributed by atoms with E-state index in [0.717, 1.165) is 16.5 Å². The molecule has 0 aliphatic heterocycles. The van der Waals surface area contributed by atoms with Gasteiger partial charge >= 0.3 is 0 Å². The molecule has 0 bridgehead atoms. The van der Waals surface area contributed by atoms with Crippen LogP contribution < -0.4 is 11.0 Å². The van der Waals surface area contributed by atoms with E-state index in [1.54, 1.807) is 18.3 Å². The molecular weight excluding hydrogens is 404 g/mol. The highest BCUT2D eigenvalue weighted by atomic mass is 16.4. The molecule has 0 fully saturated rings. The van der Waals surface area contributed by atoms with Gasteiger partial charge in [0.15, 0.2) is 5.78 Å². The second-order valence-corrected chi connectivity index (χ2v) is 7.33. The van der Waals surface area contributed by atoms with Gasteiger partial charge in [0.25, 0.3) is 11.0 Å². The molecule has 5 aromatic rings. The number of hydrogen-bond donors (Lipinski definition) is 2. The van der Waals surface area contributed by atoms with Crippen LogP contribution in [0.25, 0.3) is 33.1 Å². The van der Waals surface area contributed by atoms with Gasteiger partial charge in [-0.05, 0) is 12.1 Å². The molecule has 7 nitrogen and oxygen atoms in total. The smallest absolute Gasteiger partial charge is 0.299 e. The van der Waals surface area contributed by atoms with Gasteiger partial charge < -0.3 is 10.2 Å². The SMILES string of the molecule is O=C(Cn1c(=O)/c(=N\O)nc(-c2ccccc2)c2ccccc21)c1c[nH]c2ccccc12. The Morgan fingerprint density at radius 3 is 2.41 bits per heavy atom. The molecule has 3 aromatic carbocycles. The zero-order valence-electron chi connectivity index (χ0n) is 16.9. The van der Waals surface area contributed by atoms with E-state index in [0.29, 0.717) is 22.2 Å². The van der Waals surface area contributed by atoms with Crippen molar-refractivity contribution in [1.82, 2.24) is 14.5 Å². The van der Waals surface area contributed by atoms with E-state index in [9.17, 15) is 14.8 Å². The lowest BCUT2D eigenvalue weighted by molar-refractivity contribution is 0.0974. The van der Waals surface area contributed by atoms with Crippen molar-refractivity contribution in [2.75, 3.05) is 0 Å². The van der Waals surface area contributed by atoms with E-state index in [1.165, 1.54) is 4.57 Å². The van der Waals surface area contributed by atoms with Gasteiger partial charge in [-0.25, -0.2) is 4.98 Å². The first kappa shape index (κ1) is 19.4. The summed E-state index contributed by atoms with van der Waals surface area (Å²) in [5.41, 5.74) is 2.06. The summed E-state index contributed by atoms with van der Waals surface area (Å²) in [7, 11) is 0. The number of H-pyrrole nitrogens is 1. The van der Waals surface area contributed by atoms with E-state index >= 15 is 0 Å². The number of aromatic amines is 1. The molecule has 0 radical (unpaired) electrons. The average Bonchev–Trinajstić information content (AvgIpc) is 3.23. The number of nitrogens with zero attached hydrogens (tertiary/aromatic N) is 3. The van der Waals surface area contributed by atoms with Crippen LogP contribution >= 0.6 is 0 Å². The van der Waals surface area contributed by atoms with Gasteiger partial charge in [0.2, 0.25) is 0 Å². The Hall–Kier alpha value is -4.52. The lowest BCUT2D eigenvalue weighted by Crippen LogP contribution is -2.36. The van der Waals surface area contributed by atoms with Gasteiger partial charge in [-0.3, -0.25) is 14.2 Å². The van der Waals surface area contributed by atoms with Crippen LogP contribution in [-0.2, 0) is 6.54 Å². The van der Waals surface area contributed by atoms with Crippen LogP contribution in [0.1, 0.15) is 10.4 Å². The molecule has 2 aromatic heterocycles. The fraction of sp³-hybridized carbons (Fsp3) is 0.0400. The first-order chi connectivity index (χ1) is 15.7. The highest BCUT2D eigenvalue weighted by Crippen LogP contribution is 2.25. The molecule has 5 rings (SSSR count). The molecule has 32 heavy (non-hydrogen) atoms. The number of ketones is 1. The lowest BCUT2D eigenvalue weighted by Gasteiger charge is -2.07. The number of carbonyl (C=O) groups is 1. The first-order valence-corrected chi connectivity index (χ1v) is 10.0. The zero-order valence-corrected chi connectivity index (χ0v) is 16.9. The fourth-order valence-electron chi connectivity index (χ4n) is 3.92. The quantitative estimate of drug-likeness (QED) is 0.262. The number of carbonyl (C=O) groups excluding carboxylic acids is 1. The van der Waals surface area contributed by atoms with Crippen LogP contribution in [0.4, 0.5) is 0 Å². The summed E-state index contributed by atoms with van der Waals surface area (Å²) in [5, 5.41) is 14.1. The lowest BCUT2D eigenvalue weighted by atomic mass is 10.1. The maximum atomic E-state index is 13.3. The van der Waals surface area contributed by atoms with Gasteiger partial charge in [0, 0.05) is 33.6 Å². The van der Waals surface area contributed by atoms with Crippen LogP contribution in [0.5, 0.6) is 0 Å². The van der Waals surface area contributed by atoms with Crippen LogP contribution in [0.15, 0.2) is 95.0 Å². The zero-order chi connectivity index (χ0) is 22.1. The van der Waals surface area contributed by atoms with E-state index in [1.807, 2.05) is 66.7 Å². The number of aromatic nitrogens is 3. The van der Waals surface area contributed by atoms with Gasteiger partial charge in [0.1, 0.15) is 0 Å². The molecule has 0 saturated carbocycles. The van der Waals surface area contributed by atoms with E-state index in [2.05, 4.69) is 15.1 Å². The number of rotatable bonds is 4.